The van der Waals surface area contributed by atoms with Crippen molar-refractivity contribution in [1.82, 2.24) is 10.2 Å². The summed E-state index contributed by atoms with van der Waals surface area (Å²) in [6, 6.07) is -0.812. The zero-order chi connectivity index (χ0) is 14.7. The Morgan fingerprint density at radius 3 is 1.95 bits per heavy atom. The number of imide groups is 2. The Bertz CT molecular complexity index is 564. The molecule has 0 radical (unpaired) electrons. The van der Waals surface area contributed by atoms with Gasteiger partial charge in [-0.25, -0.2) is 0 Å². The van der Waals surface area contributed by atoms with Gasteiger partial charge in [-0.05, 0) is 31.1 Å². The van der Waals surface area contributed by atoms with Crippen LogP contribution in [-0.4, -0.2) is 34.6 Å². The second kappa shape index (κ2) is 4.26. The molecular weight excluding hydrogens is 272 g/mol. The molecule has 0 aromatic heterocycles. The number of amides is 4. The van der Waals surface area contributed by atoms with Crippen molar-refractivity contribution in [2.75, 3.05) is 0 Å². The fourth-order valence-electron chi connectivity index (χ4n) is 4.33. The lowest BCUT2D eigenvalue weighted by Crippen LogP contribution is -2.54. The van der Waals surface area contributed by atoms with Crippen LogP contribution in [0.3, 0.4) is 0 Å². The van der Waals surface area contributed by atoms with E-state index in [2.05, 4.69) is 17.5 Å². The van der Waals surface area contributed by atoms with Gasteiger partial charge in [-0.15, -0.1) is 0 Å². The molecule has 1 N–H and O–H groups in total. The Hall–Kier alpha value is -1.98. The van der Waals surface area contributed by atoms with Crippen molar-refractivity contribution in [3.63, 3.8) is 0 Å². The van der Waals surface area contributed by atoms with Gasteiger partial charge in [-0.3, -0.25) is 29.4 Å². The number of nitrogens with one attached hydrogen (secondary N) is 1. The van der Waals surface area contributed by atoms with Gasteiger partial charge in [-0.2, -0.15) is 0 Å². The van der Waals surface area contributed by atoms with Gasteiger partial charge in [0.1, 0.15) is 6.04 Å². The van der Waals surface area contributed by atoms with E-state index in [0.29, 0.717) is 0 Å². The molecule has 2 saturated heterocycles. The van der Waals surface area contributed by atoms with Crippen molar-refractivity contribution in [2.24, 2.45) is 23.7 Å². The first-order chi connectivity index (χ1) is 10.1. The molecule has 5 atom stereocenters. The fraction of sp³-hybridized carbons (Fsp3) is 0.600. The van der Waals surface area contributed by atoms with Crippen molar-refractivity contribution >= 4 is 23.6 Å². The van der Waals surface area contributed by atoms with Crippen LogP contribution in [0.1, 0.15) is 25.7 Å². The Balaban J connectivity index is 1.66. The first kappa shape index (κ1) is 12.7. The first-order valence-electron chi connectivity index (χ1n) is 7.47. The number of likely N-dealkylation sites (tertiary alicyclic amines) is 1. The van der Waals surface area contributed by atoms with E-state index >= 15 is 0 Å². The van der Waals surface area contributed by atoms with Gasteiger partial charge in [0.15, 0.2) is 0 Å². The predicted octanol–water partition coefficient (Wildman–Crippen LogP) is -0.0112. The number of fused-ring (bicyclic) bond motifs is 1. The van der Waals surface area contributed by atoms with Crippen molar-refractivity contribution < 1.29 is 19.2 Å². The van der Waals surface area contributed by atoms with Gasteiger partial charge in [-0.1, -0.05) is 12.2 Å². The summed E-state index contributed by atoms with van der Waals surface area (Å²) in [4.78, 5) is 49.7. The lowest BCUT2D eigenvalue weighted by Gasteiger charge is -2.38. The predicted molar refractivity (Wildman–Crippen MR) is 70.4 cm³/mol. The molecule has 0 aromatic carbocycles. The number of hydrogen-bond acceptors (Lipinski definition) is 4. The quantitative estimate of drug-likeness (QED) is 0.543. The highest BCUT2D eigenvalue weighted by atomic mass is 16.2. The van der Waals surface area contributed by atoms with Crippen molar-refractivity contribution in [1.29, 1.82) is 0 Å². The lowest BCUT2D eigenvalue weighted by atomic mass is 9.63. The highest BCUT2D eigenvalue weighted by molar-refractivity contribution is 6.11. The van der Waals surface area contributed by atoms with E-state index < -0.39 is 11.9 Å². The van der Waals surface area contributed by atoms with E-state index in [0.717, 1.165) is 17.7 Å². The molecule has 21 heavy (non-hydrogen) atoms. The molecule has 2 bridgehead atoms. The summed E-state index contributed by atoms with van der Waals surface area (Å²) in [5, 5.41) is 2.23. The van der Waals surface area contributed by atoms with E-state index in [4.69, 9.17) is 0 Å². The van der Waals surface area contributed by atoms with E-state index in [-0.39, 0.29) is 54.2 Å². The van der Waals surface area contributed by atoms with Crippen LogP contribution in [-0.2, 0) is 19.2 Å². The molecule has 110 valence electrons. The average Bonchev–Trinajstić information content (AvgIpc) is 2.75. The Morgan fingerprint density at radius 1 is 0.905 bits per heavy atom. The highest BCUT2D eigenvalue weighted by Gasteiger charge is 2.58. The van der Waals surface area contributed by atoms with E-state index in [1.54, 1.807) is 0 Å². The molecule has 0 spiro atoms. The minimum Gasteiger partial charge on any atom is -0.295 e. The van der Waals surface area contributed by atoms with Crippen LogP contribution in [0.15, 0.2) is 12.2 Å². The summed E-state index contributed by atoms with van der Waals surface area (Å²) in [7, 11) is 0. The topological polar surface area (TPSA) is 83.6 Å². The third kappa shape index (κ3) is 1.65. The number of rotatable bonds is 1. The molecule has 0 aromatic rings. The summed E-state index contributed by atoms with van der Waals surface area (Å²) in [6.07, 6.45) is 6.39. The van der Waals surface area contributed by atoms with Crippen LogP contribution < -0.4 is 5.32 Å². The van der Waals surface area contributed by atoms with Crippen molar-refractivity contribution in [3.8, 4) is 0 Å². The molecule has 4 amide bonds. The van der Waals surface area contributed by atoms with Crippen LogP contribution in [0.4, 0.5) is 0 Å². The Kier molecular flexibility index (Phi) is 2.58. The van der Waals surface area contributed by atoms with E-state index in [9.17, 15) is 19.2 Å². The number of piperidine rings is 1. The molecule has 3 fully saturated rings. The van der Waals surface area contributed by atoms with E-state index in [1.165, 1.54) is 0 Å². The fourth-order valence-corrected chi connectivity index (χ4v) is 4.33. The zero-order valence-corrected chi connectivity index (χ0v) is 11.5. The third-order valence-corrected chi connectivity index (χ3v) is 5.32. The molecule has 3 aliphatic carbocycles. The standard InChI is InChI=1S/C15H16N2O4/c18-10-6-5-9(13(19)16-10)17-14(20)11-7-1-2-8(4-3-7)12(11)15(17)21/h1-2,7-9,11-12H,3-6H2,(H,16,18,19)/t7-,8-,9-,11-,12-/m1/s1. The highest BCUT2D eigenvalue weighted by Crippen LogP contribution is 2.50. The second-order valence-corrected chi connectivity index (χ2v) is 6.35. The maximum Gasteiger partial charge on any atom is 0.249 e. The lowest BCUT2D eigenvalue weighted by molar-refractivity contribution is -0.151. The number of hydrogen-bond donors (Lipinski definition) is 1. The molecule has 0 unspecified atom stereocenters. The maximum absolute atomic E-state index is 12.7. The van der Waals surface area contributed by atoms with Crippen LogP contribution in [0.2, 0.25) is 0 Å². The van der Waals surface area contributed by atoms with Crippen LogP contribution in [0, 0.1) is 23.7 Å². The van der Waals surface area contributed by atoms with Crippen LogP contribution in [0.5, 0.6) is 0 Å². The molecule has 6 nitrogen and oxygen atoms in total. The molecule has 2 heterocycles. The number of carbonyl (C=O) groups excluding carboxylic acids is 4. The van der Waals surface area contributed by atoms with Gasteiger partial charge in [0.05, 0.1) is 11.8 Å². The second-order valence-electron chi connectivity index (χ2n) is 6.35. The molecule has 5 rings (SSSR count). The van der Waals surface area contributed by atoms with Crippen LogP contribution >= 0.6 is 0 Å². The van der Waals surface area contributed by atoms with E-state index in [1.807, 2.05) is 0 Å². The average molecular weight is 288 g/mol. The summed E-state index contributed by atoms with van der Waals surface area (Å²) in [6.45, 7) is 0. The summed E-state index contributed by atoms with van der Waals surface area (Å²) in [5.74, 6) is -1.67. The Morgan fingerprint density at radius 2 is 1.48 bits per heavy atom. The smallest absolute Gasteiger partial charge is 0.249 e. The largest absolute Gasteiger partial charge is 0.295 e. The van der Waals surface area contributed by atoms with Gasteiger partial charge in [0.25, 0.3) is 0 Å². The van der Waals surface area contributed by atoms with Gasteiger partial charge in [0, 0.05) is 6.42 Å². The summed E-state index contributed by atoms with van der Waals surface area (Å²) < 4.78 is 0. The summed E-state index contributed by atoms with van der Waals surface area (Å²) >= 11 is 0. The van der Waals surface area contributed by atoms with Crippen LogP contribution in [0.25, 0.3) is 0 Å². The number of allylic oxidation sites excluding steroid dienone is 2. The zero-order valence-electron chi connectivity index (χ0n) is 11.5. The molecule has 6 heteroatoms. The van der Waals surface area contributed by atoms with Gasteiger partial charge >= 0.3 is 0 Å². The maximum atomic E-state index is 12.7. The minimum atomic E-state index is -0.812. The monoisotopic (exact) mass is 288 g/mol. The third-order valence-electron chi connectivity index (χ3n) is 5.32. The molecular formula is C15H16N2O4. The number of nitrogens with zero attached hydrogens (tertiary/aromatic N) is 1. The number of carbonyl (C=O) groups is 4. The van der Waals surface area contributed by atoms with Gasteiger partial charge < -0.3 is 0 Å². The molecule has 2 aliphatic heterocycles. The Labute approximate surface area is 121 Å². The normalized spacial score (nSPS) is 41.5. The van der Waals surface area contributed by atoms with Gasteiger partial charge in [0.2, 0.25) is 23.6 Å². The molecule has 1 saturated carbocycles. The summed E-state index contributed by atoms with van der Waals surface area (Å²) in [5.41, 5.74) is 0. The SMILES string of the molecule is O=C1CC[C@@H](N2C(=O)[C@H]3[C@H](C2=O)[C@@H]2C=C[C@@H]3CC2)C(=O)N1. The minimum absolute atomic E-state index is 0.120. The van der Waals surface area contributed by atoms with Crippen molar-refractivity contribution in [2.45, 2.75) is 31.7 Å². The van der Waals surface area contributed by atoms with Crippen molar-refractivity contribution in [3.05, 3.63) is 12.2 Å². The molecule has 5 aliphatic rings. The first-order valence-corrected chi connectivity index (χ1v) is 7.47.